The lowest BCUT2D eigenvalue weighted by molar-refractivity contribution is -0.138. The van der Waals surface area contributed by atoms with Crippen molar-refractivity contribution in [2.45, 2.75) is 131 Å². The van der Waals surface area contributed by atoms with Crippen LogP contribution in [0.15, 0.2) is 48.6 Å². The predicted molar refractivity (Wildman–Crippen MR) is 199 cm³/mol. The highest BCUT2D eigenvalue weighted by Gasteiger charge is 2.40. The van der Waals surface area contributed by atoms with E-state index in [-0.39, 0.29) is 31.2 Å². The Labute approximate surface area is 292 Å². The van der Waals surface area contributed by atoms with Crippen molar-refractivity contribution < 1.29 is 24.5 Å². The van der Waals surface area contributed by atoms with Crippen LogP contribution < -0.4 is 4.74 Å². The van der Waals surface area contributed by atoms with Crippen LogP contribution in [0.1, 0.15) is 129 Å². The van der Waals surface area contributed by atoms with Crippen LogP contribution in [0.3, 0.4) is 0 Å². The molecule has 1 aliphatic carbocycles. The molecule has 3 rings (SSSR count). The molecule has 0 aliphatic heterocycles. The van der Waals surface area contributed by atoms with E-state index in [0.29, 0.717) is 31.4 Å². The Hall–Kier alpha value is -2.63. The molecule has 1 aliphatic rings. The topological polar surface area (TPSA) is 76.0 Å². The van der Waals surface area contributed by atoms with Crippen LogP contribution in [0.2, 0.25) is 0 Å². The van der Waals surface area contributed by atoms with Crippen molar-refractivity contribution in [2.24, 2.45) is 22.7 Å². The monoisotopic (exact) mass is 662 g/mol. The van der Waals surface area contributed by atoms with Crippen LogP contribution in [0.25, 0.3) is 11.1 Å². The highest BCUT2D eigenvalue weighted by Crippen LogP contribution is 2.42. The average molecular weight is 663 g/mol. The molecule has 0 heterocycles. The maximum atomic E-state index is 12.1. The molecule has 0 unspecified atom stereocenters. The zero-order valence-corrected chi connectivity index (χ0v) is 31.2. The molecule has 48 heavy (non-hydrogen) atoms. The largest absolute Gasteiger partial charge is 0.493 e. The summed E-state index contributed by atoms with van der Waals surface area (Å²) in [5, 5.41) is 20.3. The number of rotatable bonds is 20. The molecule has 0 bridgehead atoms. The van der Waals surface area contributed by atoms with E-state index < -0.39 is 5.41 Å². The lowest BCUT2D eigenvalue weighted by Crippen LogP contribution is -2.42. The Morgan fingerprint density at radius 3 is 2.15 bits per heavy atom. The van der Waals surface area contributed by atoms with Crippen molar-refractivity contribution in [3.8, 4) is 16.9 Å². The van der Waals surface area contributed by atoms with Crippen molar-refractivity contribution in [2.75, 3.05) is 26.4 Å². The minimum Gasteiger partial charge on any atom is -0.493 e. The molecule has 5 nitrogen and oxygen atoms in total. The van der Waals surface area contributed by atoms with Gasteiger partial charge in [0.1, 0.15) is 5.75 Å². The van der Waals surface area contributed by atoms with Gasteiger partial charge in [-0.25, -0.2) is 4.79 Å². The van der Waals surface area contributed by atoms with Gasteiger partial charge in [0.2, 0.25) is 0 Å². The summed E-state index contributed by atoms with van der Waals surface area (Å²) in [5.41, 5.74) is 5.73. The molecule has 2 aromatic carbocycles. The summed E-state index contributed by atoms with van der Waals surface area (Å²) in [7, 11) is 0. The fraction of sp³-hybridized carbons (Fsp3) is 0.651. The Morgan fingerprint density at radius 1 is 0.854 bits per heavy atom. The number of benzene rings is 2. The summed E-state index contributed by atoms with van der Waals surface area (Å²) >= 11 is 0. The van der Waals surface area contributed by atoms with E-state index in [1.165, 1.54) is 74.5 Å². The zero-order chi connectivity index (χ0) is 35.2. The van der Waals surface area contributed by atoms with Crippen LogP contribution >= 0.6 is 0 Å². The summed E-state index contributed by atoms with van der Waals surface area (Å²) in [6.07, 6.45) is 16.5. The van der Waals surface area contributed by atoms with E-state index in [4.69, 9.17) is 9.47 Å². The first-order valence-electron chi connectivity index (χ1n) is 18.9. The van der Waals surface area contributed by atoms with E-state index in [9.17, 15) is 15.0 Å². The number of hydrogen-bond acceptors (Lipinski definition) is 5. The molecule has 268 valence electrons. The van der Waals surface area contributed by atoms with Gasteiger partial charge in [0.25, 0.3) is 0 Å². The van der Waals surface area contributed by atoms with Crippen LogP contribution in [0.5, 0.6) is 5.75 Å². The Morgan fingerprint density at radius 2 is 1.54 bits per heavy atom. The molecule has 2 N–H and O–H groups in total. The van der Waals surface area contributed by atoms with Crippen molar-refractivity contribution in [3.63, 3.8) is 0 Å². The number of esters is 1. The maximum Gasteiger partial charge on any atom is 0.333 e. The normalized spacial score (nSPS) is 16.9. The van der Waals surface area contributed by atoms with Crippen LogP contribution in [0.4, 0.5) is 0 Å². The number of ether oxygens (including phenoxy) is 2. The second-order valence-corrected chi connectivity index (χ2v) is 15.6. The molecule has 0 saturated heterocycles. The summed E-state index contributed by atoms with van der Waals surface area (Å²) in [5.74, 6) is 2.21. The SMILES string of the molecule is C=C(C)C(=O)OCCc1cc(-c2ccc(CCC3CCC(CCCCC)CC3)cc2CC)ccc1OCCCC(CO)(CO)C(C)(C)C. The number of hydrogen-bond donors (Lipinski definition) is 2. The van der Waals surface area contributed by atoms with Gasteiger partial charge in [-0.15, -0.1) is 0 Å². The molecule has 0 atom stereocenters. The highest BCUT2D eigenvalue weighted by atomic mass is 16.5. The first kappa shape index (κ1) is 39.8. The summed E-state index contributed by atoms with van der Waals surface area (Å²) in [6, 6.07) is 13.4. The second-order valence-electron chi connectivity index (χ2n) is 15.6. The number of aliphatic hydroxyl groups is 2. The standard InChI is InChI=1S/C43H66O5/c1-8-10-11-13-33-14-16-34(17-15-33)18-19-35-20-22-39(36(9-2)28-35)37-21-23-40(38(29-37)24-27-48-41(46)32(3)4)47-26-12-25-43(30-44,31-45)42(5,6)7/h20-23,28-29,33-34,44-45H,3,8-19,24-27,30-31H2,1-2,4-7H3. The molecule has 5 heteroatoms. The van der Waals surface area contributed by atoms with Gasteiger partial charge < -0.3 is 19.7 Å². The average Bonchev–Trinajstić information content (AvgIpc) is 3.07. The first-order valence-corrected chi connectivity index (χ1v) is 18.9. The minimum atomic E-state index is -0.574. The molecule has 1 saturated carbocycles. The van der Waals surface area contributed by atoms with Crippen molar-refractivity contribution in [1.82, 2.24) is 0 Å². The number of carbonyl (C=O) groups is 1. The number of unbranched alkanes of at least 4 members (excludes halogenated alkanes) is 2. The Kier molecular flexibility index (Phi) is 16.2. The van der Waals surface area contributed by atoms with Crippen molar-refractivity contribution in [3.05, 3.63) is 65.2 Å². The third-order valence-corrected chi connectivity index (χ3v) is 11.2. The van der Waals surface area contributed by atoms with Gasteiger partial charge in [-0.3, -0.25) is 0 Å². The van der Waals surface area contributed by atoms with Gasteiger partial charge in [-0.1, -0.05) is 117 Å². The smallest absolute Gasteiger partial charge is 0.333 e. The summed E-state index contributed by atoms with van der Waals surface area (Å²) < 4.78 is 11.8. The van der Waals surface area contributed by atoms with E-state index >= 15 is 0 Å². The van der Waals surface area contributed by atoms with Gasteiger partial charge in [0, 0.05) is 17.4 Å². The van der Waals surface area contributed by atoms with E-state index in [1.54, 1.807) is 6.92 Å². The van der Waals surface area contributed by atoms with Crippen molar-refractivity contribution >= 4 is 5.97 Å². The van der Waals surface area contributed by atoms with Crippen LogP contribution in [0, 0.1) is 22.7 Å². The number of aliphatic hydroxyl groups excluding tert-OH is 2. The fourth-order valence-corrected chi connectivity index (χ4v) is 7.35. The summed E-state index contributed by atoms with van der Waals surface area (Å²) in [6.45, 7) is 16.6. The zero-order valence-electron chi connectivity index (χ0n) is 31.2. The first-order chi connectivity index (χ1) is 23.0. The van der Waals surface area contributed by atoms with E-state index in [0.717, 1.165) is 41.6 Å². The molecule has 1 fully saturated rings. The molecule has 0 aromatic heterocycles. The fourth-order valence-electron chi connectivity index (χ4n) is 7.35. The van der Waals surface area contributed by atoms with Gasteiger partial charge in [0.15, 0.2) is 0 Å². The molecule has 0 spiro atoms. The molecular formula is C43H66O5. The predicted octanol–water partition coefficient (Wildman–Crippen LogP) is 10.1. The molecule has 0 radical (unpaired) electrons. The van der Waals surface area contributed by atoms with Crippen LogP contribution in [-0.4, -0.2) is 42.6 Å². The lowest BCUT2D eigenvalue weighted by atomic mass is 9.65. The van der Waals surface area contributed by atoms with Gasteiger partial charge >= 0.3 is 5.97 Å². The quantitative estimate of drug-likeness (QED) is 0.0839. The van der Waals surface area contributed by atoms with E-state index in [1.807, 2.05) is 6.07 Å². The molecular weight excluding hydrogens is 596 g/mol. The minimum absolute atomic E-state index is 0.0697. The molecule has 0 amide bonds. The Bertz CT molecular complexity index is 1280. The maximum absolute atomic E-state index is 12.1. The summed E-state index contributed by atoms with van der Waals surface area (Å²) in [4.78, 5) is 12.1. The van der Waals surface area contributed by atoms with Crippen molar-refractivity contribution in [1.29, 1.82) is 0 Å². The van der Waals surface area contributed by atoms with Gasteiger partial charge in [-0.2, -0.15) is 0 Å². The molecule has 2 aromatic rings. The number of aryl methyl sites for hydroxylation is 2. The lowest BCUT2D eigenvalue weighted by Gasteiger charge is -2.42. The number of carbonyl (C=O) groups excluding carboxylic acids is 1. The Balaban J connectivity index is 1.70. The van der Waals surface area contributed by atoms with Crippen LogP contribution in [-0.2, 0) is 28.8 Å². The highest BCUT2D eigenvalue weighted by molar-refractivity contribution is 5.86. The second kappa shape index (κ2) is 19.5. The van der Waals surface area contributed by atoms with Gasteiger partial charge in [0.05, 0.1) is 26.4 Å². The third kappa shape index (κ3) is 11.5. The van der Waals surface area contributed by atoms with Gasteiger partial charge in [-0.05, 0) is 96.2 Å². The van der Waals surface area contributed by atoms with E-state index in [2.05, 4.69) is 71.5 Å². The third-order valence-electron chi connectivity index (χ3n) is 11.2.